The Labute approximate surface area is 160 Å². The van der Waals surface area contributed by atoms with Crippen LogP contribution in [0.2, 0.25) is 0 Å². The summed E-state index contributed by atoms with van der Waals surface area (Å²) < 4.78 is 1.32. The van der Waals surface area contributed by atoms with Gasteiger partial charge in [0.25, 0.3) is 5.56 Å². The zero-order chi connectivity index (χ0) is 18.8. The van der Waals surface area contributed by atoms with Crippen molar-refractivity contribution in [1.82, 2.24) is 9.78 Å². The highest BCUT2D eigenvalue weighted by Crippen LogP contribution is 2.23. The number of Topliss-reactive ketones (excluding diaryl/α,β-unsaturated/α-hetero) is 1. The molecule has 0 atom stereocenters. The molecule has 2 aliphatic rings. The number of hydrogen-bond donors (Lipinski definition) is 0. The second kappa shape index (κ2) is 7.67. The lowest BCUT2D eigenvalue weighted by Crippen LogP contribution is -2.36. The lowest BCUT2D eigenvalue weighted by Gasteiger charge is -2.31. The van der Waals surface area contributed by atoms with Crippen LogP contribution < -0.4 is 10.5 Å². The molecule has 142 valence electrons. The second-order valence-electron chi connectivity index (χ2n) is 8.03. The lowest BCUT2D eigenvalue weighted by atomic mass is 9.99. The van der Waals surface area contributed by atoms with Crippen molar-refractivity contribution in [3.05, 3.63) is 57.4 Å². The van der Waals surface area contributed by atoms with Crippen LogP contribution >= 0.6 is 0 Å². The molecule has 1 aliphatic carbocycles. The highest BCUT2D eigenvalue weighted by Gasteiger charge is 2.18. The molecule has 0 bridgehead atoms. The van der Waals surface area contributed by atoms with E-state index in [2.05, 4.69) is 29.1 Å². The number of ketones is 1. The average Bonchev–Trinajstić information content (AvgIpc) is 3.12. The standard InChI is InChI=1S/C22H27N3O2/c1-16-9-11-24(12-10-16)21-7-8-22(27)25(23-21)15-20(26)14-17-5-6-18-3-2-4-19(18)13-17/h5-8,13,16H,2-4,9-12,14-15H2,1H3. The van der Waals surface area contributed by atoms with Crippen LogP contribution in [-0.2, 0) is 30.6 Å². The van der Waals surface area contributed by atoms with E-state index in [-0.39, 0.29) is 17.9 Å². The number of carbonyl (C=O) groups is 1. The molecule has 1 aromatic carbocycles. The highest BCUT2D eigenvalue weighted by molar-refractivity contribution is 5.80. The molecule has 2 aromatic rings. The Balaban J connectivity index is 1.44. The van der Waals surface area contributed by atoms with Crippen LogP contribution in [-0.4, -0.2) is 28.7 Å². The number of fused-ring (bicyclic) bond motifs is 1. The van der Waals surface area contributed by atoms with Crippen LogP contribution in [0.25, 0.3) is 0 Å². The molecular weight excluding hydrogens is 338 g/mol. The molecule has 1 saturated heterocycles. The molecule has 1 aliphatic heterocycles. The number of benzene rings is 1. The summed E-state index contributed by atoms with van der Waals surface area (Å²) in [7, 11) is 0. The van der Waals surface area contributed by atoms with E-state index in [1.54, 1.807) is 6.07 Å². The predicted molar refractivity (Wildman–Crippen MR) is 106 cm³/mol. The van der Waals surface area contributed by atoms with E-state index in [1.165, 1.54) is 28.3 Å². The Bertz CT molecular complexity index is 895. The summed E-state index contributed by atoms with van der Waals surface area (Å²) in [6, 6.07) is 9.65. The summed E-state index contributed by atoms with van der Waals surface area (Å²) in [4.78, 5) is 26.9. The van der Waals surface area contributed by atoms with Crippen molar-refractivity contribution in [2.45, 2.75) is 52.0 Å². The van der Waals surface area contributed by atoms with Crippen LogP contribution in [0.4, 0.5) is 5.82 Å². The number of piperidine rings is 1. The zero-order valence-corrected chi connectivity index (χ0v) is 16.0. The van der Waals surface area contributed by atoms with E-state index < -0.39 is 0 Å². The van der Waals surface area contributed by atoms with Gasteiger partial charge in [-0.15, -0.1) is 0 Å². The molecule has 0 N–H and O–H groups in total. The number of hydrogen-bond acceptors (Lipinski definition) is 4. The minimum Gasteiger partial charge on any atom is -0.355 e. The first-order valence-corrected chi connectivity index (χ1v) is 10.0. The normalized spacial score (nSPS) is 17.1. The predicted octanol–water partition coefficient (Wildman–Crippen LogP) is 2.78. The van der Waals surface area contributed by atoms with Crippen LogP contribution in [0.5, 0.6) is 0 Å². The van der Waals surface area contributed by atoms with Crippen molar-refractivity contribution >= 4 is 11.6 Å². The minimum absolute atomic E-state index is 0.0203. The smallest absolute Gasteiger partial charge is 0.267 e. The van der Waals surface area contributed by atoms with E-state index in [0.717, 1.165) is 56.1 Å². The SMILES string of the molecule is CC1CCN(c2ccc(=O)n(CC(=O)Cc3ccc4c(c3)CCC4)n2)CC1. The summed E-state index contributed by atoms with van der Waals surface area (Å²) in [6.45, 7) is 4.21. The average molecular weight is 365 g/mol. The maximum Gasteiger partial charge on any atom is 0.267 e. The molecule has 0 amide bonds. The Morgan fingerprint density at radius 1 is 1.11 bits per heavy atom. The van der Waals surface area contributed by atoms with E-state index in [1.807, 2.05) is 6.07 Å². The fraction of sp³-hybridized carbons (Fsp3) is 0.500. The van der Waals surface area contributed by atoms with Gasteiger partial charge in [-0.1, -0.05) is 25.1 Å². The molecule has 1 fully saturated rings. The number of anilines is 1. The number of aryl methyl sites for hydroxylation is 2. The third-order valence-corrected chi connectivity index (χ3v) is 5.85. The Kier molecular flexibility index (Phi) is 5.10. The van der Waals surface area contributed by atoms with E-state index >= 15 is 0 Å². The van der Waals surface area contributed by atoms with Crippen molar-refractivity contribution in [3.63, 3.8) is 0 Å². The minimum atomic E-state index is -0.216. The lowest BCUT2D eigenvalue weighted by molar-refractivity contribution is -0.119. The molecule has 0 radical (unpaired) electrons. The summed E-state index contributed by atoms with van der Waals surface area (Å²) in [6.07, 6.45) is 6.08. The monoisotopic (exact) mass is 365 g/mol. The van der Waals surface area contributed by atoms with Crippen LogP contribution in [0.15, 0.2) is 35.1 Å². The first-order valence-electron chi connectivity index (χ1n) is 10.0. The molecule has 0 unspecified atom stereocenters. The maximum atomic E-state index is 12.6. The largest absolute Gasteiger partial charge is 0.355 e. The van der Waals surface area contributed by atoms with Crippen molar-refractivity contribution in [1.29, 1.82) is 0 Å². The van der Waals surface area contributed by atoms with Gasteiger partial charge in [0.15, 0.2) is 5.78 Å². The van der Waals surface area contributed by atoms with E-state index in [4.69, 9.17) is 0 Å². The quantitative estimate of drug-likeness (QED) is 0.818. The highest BCUT2D eigenvalue weighted by atomic mass is 16.1. The van der Waals surface area contributed by atoms with Gasteiger partial charge >= 0.3 is 0 Å². The molecule has 5 nitrogen and oxygen atoms in total. The molecule has 0 saturated carbocycles. The van der Waals surface area contributed by atoms with E-state index in [9.17, 15) is 9.59 Å². The van der Waals surface area contributed by atoms with Crippen molar-refractivity contribution < 1.29 is 4.79 Å². The van der Waals surface area contributed by atoms with Gasteiger partial charge in [-0.25, -0.2) is 4.68 Å². The van der Waals surface area contributed by atoms with Crippen LogP contribution in [0.3, 0.4) is 0 Å². The first-order chi connectivity index (χ1) is 13.1. The van der Waals surface area contributed by atoms with Gasteiger partial charge < -0.3 is 4.90 Å². The number of rotatable bonds is 5. The molecule has 4 rings (SSSR count). The van der Waals surface area contributed by atoms with E-state index in [0.29, 0.717) is 6.42 Å². The fourth-order valence-electron chi connectivity index (χ4n) is 4.14. The van der Waals surface area contributed by atoms with Gasteiger partial charge in [0, 0.05) is 25.6 Å². The zero-order valence-electron chi connectivity index (χ0n) is 16.0. The third-order valence-electron chi connectivity index (χ3n) is 5.85. The van der Waals surface area contributed by atoms with Gasteiger partial charge in [-0.3, -0.25) is 9.59 Å². The second-order valence-corrected chi connectivity index (χ2v) is 8.03. The van der Waals surface area contributed by atoms with Crippen molar-refractivity contribution in [2.24, 2.45) is 5.92 Å². The van der Waals surface area contributed by atoms with Gasteiger partial charge in [-0.2, -0.15) is 5.10 Å². The summed E-state index contributed by atoms with van der Waals surface area (Å²) in [5.74, 6) is 1.56. The van der Waals surface area contributed by atoms with Gasteiger partial charge in [0.1, 0.15) is 12.4 Å². The summed E-state index contributed by atoms with van der Waals surface area (Å²) >= 11 is 0. The molecule has 0 spiro atoms. The summed E-state index contributed by atoms with van der Waals surface area (Å²) in [5, 5.41) is 4.47. The maximum absolute atomic E-state index is 12.6. The molecule has 5 heteroatoms. The van der Waals surface area contributed by atoms with Gasteiger partial charge in [0.2, 0.25) is 0 Å². The Morgan fingerprint density at radius 3 is 2.70 bits per heavy atom. The Morgan fingerprint density at radius 2 is 1.89 bits per heavy atom. The number of nitrogens with zero attached hydrogens (tertiary/aromatic N) is 3. The van der Waals surface area contributed by atoms with Gasteiger partial charge in [0.05, 0.1) is 0 Å². The van der Waals surface area contributed by atoms with Crippen LogP contribution in [0.1, 0.15) is 42.9 Å². The topological polar surface area (TPSA) is 55.2 Å². The molecule has 2 heterocycles. The Hall–Kier alpha value is -2.43. The van der Waals surface area contributed by atoms with Gasteiger partial charge in [-0.05, 0) is 60.8 Å². The molecule has 27 heavy (non-hydrogen) atoms. The van der Waals surface area contributed by atoms with Crippen molar-refractivity contribution in [3.8, 4) is 0 Å². The third kappa shape index (κ3) is 4.12. The van der Waals surface area contributed by atoms with Crippen LogP contribution in [0, 0.1) is 5.92 Å². The number of carbonyl (C=O) groups excluding carboxylic acids is 1. The molecular formula is C22H27N3O2. The fourth-order valence-corrected chi connectivity index (χ4v) is 4.14. The number of aromatic nitrogens is 2. The summed E-state index contributed by atoms with van der Waals surface area (Å²) in [5.41, 5.74) is 3.60. The van der Waals surface area contributed by atoms with Crippen molar-refractivity contribution in [2.75, 3.05) is 18.0 Å². The molecule has 1 aromatic heterocycles. The first kappa shape index (κ1) is 18.0.